The van der Waals surface area contributed by atoms with Crippen molar-refractivity contribution in [1.82, 2.24) is 19.6 Å². The fourth-order valence-corrected chi connectivity index (χ4v) is 4.13. The Hall–Kier alpha value is -3.00. The fraction of sp³-hybridized carbons (Fsp3) is 0.286. The van der Waals surface area contributed by atoms with Gasteiger partial charge in [-0.15, -0.1) is 0 Å². The van der Waals surface area contributed by atoms with Crippen LogP contribution in [-0.2, 0) is 4.79 Å². The first kappa shape index (κ1) is 19.0. The number of carbonyl (C=O) groups excluding carboxylic acids is 1. The quantitative estimate of drug-likeness (QED) is 0.474. The molecule has 4 aromatic rings. The number of hydrogen-bond acceptors (Lipinski definition) is 3. The lowest BCUT2D eigenvalue weighted by Gasteiger charge is -2.14. The summed E-state index contributed by atoms with van der Waals surface area (Å²) in [5.74, 6) is -1.18. The summed E-state index contributed by atoms with van der Waals surface area (Å²) in [4.78, 5) is 16.3. The van der Waals surface area contributed by atoms with Gasteiger partial charge < -0.3 is 9.72 Å². The van der Waals surface area contributed by atoms with Crippen molar-refractivity contribution in [2.45, 2.75) is 32.4 Å². The second-order valence-electron chi connectivity index (χ2n) is 7.89. The number of nitrogens with one attached hydrogen (secondary N) is 2. The molecule has 6 nitrogen and oxygen atoms in total. The zero-order chi connectivity index (χ0) is 21.2. The van der Waals surface area contributed by atoms with Gasteiger partial charge in [-0.05, 0) is 24.5 Å². The summed E-state index contributed by atoms with van der Waals surface area (Å²) < 4.78 is 29.9. The van der Waals surface area contributed by atoms with E-state index in [2.05, 4.69) is 20.5 Å². The summed E-state index contributed by atoms with van der Waals surface area (Å²) in [5, 5.41) is 10.4. The first-order valence-electron chi connectivity index (χ1n) is 9.63. The van der Waals surface area contributed by atoms with Crippen LogP contribution in [0.4, 0.5) is 14.6 Å². The summed E-state index contributed by atoms with van der Waals surface area (Å²) in [6, 6.07) is 3.53. The van der Waals surface area contributed by atoms with E-state index in [1.54, 1.807) is 35.1 Å². The van der Waals surface area contributed by atoms with Crippen molar-refractivity contribution in [2.75, 3.05) is 5.32 Å². The Kier molecular flexibility index (Phi) is 4.28. The molecule has 1 aliphatic rings. The fourth-order valence-electron chi connectivity index (χ4n) is 3.82. The number of imidazole rings is 1. The van der Waals surface area contributed by atoms with Crippen LogP contribution in [0.2, 0.25) is 5.02 Å². The van der Waals surface area contributed by atoms with Crippen LogP contribution < -0.4 is 5.32 Å². The Labute approximate surface area is 175 Å². The lowest BCUT2D eigenvalue weighted by Crippen LogP contribution is -2.15. The molecule has 1 aromatic carbocycles. The molecule has 0 spiro atoms. The van der Waals surface area contributed by atoms with E-state index in [4.69, 9.17) is 11.6 Å². The predicted molar refractivity (Wildman–Crippen MR) is 111 cm³/mol. The number of amides is 1. The van der Waals surface area contributed by atoms with E-state index in [0.717, 1.165) is 5.39 Å². The van der Waals surface area contributed by atoms with Crippen molar-refractivity contribution in [3.8, 4) is 11.1 Å². The summed E-state index contributed by atoms with van der Waals surface area (Å²) in [7, 11) is 0. The van der Waals surface area contributed by atoms with Crippen LogP contribution in [0.15, 0.2) is 30.7 Å². The first-order chi connectivity index (χ1) is 14.3. The number of halogens is 3. The van der Waals surface area contributed by atoms with E-state index >= 15 is 4.39 Å². The Morgan fingerprint density at radius 3 is 2.83 bits per heavy atom. The molecule has 1 fully saturated rings. The number of aromatic nitrogens is 4. The largest absolute Gasteiger partial charge is 0.309 e. The molecular formula is C21H18ClF2N5O. The van der Waals surface area contributed by atoms with Gasteiger partial charge in [0, 0.05) is 28.3 Å². The number of alkyl halides is 1. The molecule has 9 heteroatoms. The highest BCUT2D eigenvalue weighted by molar-refractivity contribution is 6.35. The summed E-state index contributed by atoms with van der Waals surface area (Å²) in [5.41, 5.74) is 2.90. The van der Waals surface area contributed by atoms with E-state index in [0.29, 0.717) is 33.7 Å². The second kappa shape index (κ2) is 6.77. The van der Waals surface area contributed by atoms with E-state index in [1.165, 1.54) is 0 Å². The number of fused-ring (bicyclic) bond motifs is 2. The number of hydrogen-bond donors (Lipinski definition) is 2. The summed E-state index contributed by atoms with van der Waals surface area (Å²) in [6.07, 6.45) is 4.20. The normalized spacial score (nSPS) is 18.5. The van der Waals surface area contributed by atoms with Gasteiger partial charge in [-0.3, -0.25) is 9.89 Å². The number of aromatic amines is 1. The first-order valence-corrected chi connectivity index (χ1v) is 10.0. The van der Waals surface area contributed by atoms with Crippen LogP contribution in [0.3, 0.4) is 0 Å². The van der Waals surface area contributed by atoms with Gasteiger partial charge in [0.15, 0.2) is 5.82 Å². The monoisotopic (exact) mass is 429 g/mol. The lowest BCUT2D eigenvalue weighted by molar-refractivity contribution is -0.117. The highest BCUT2D eigenvalue weighted by Crippen LogP contribution is 2.41. The maximum Gasteiger partial charge on any atom is 0.231 e. The van der Waals surface area contributed by atoms with Crippen molar-refractivity contribution in [2.24, 2.45) is 5.92 Å². The van der Waals surface area contributed by atoms with Gasteiger partial charge >= 0.3 is 0 Å². The molecule has 0 radical (unpaired) electrons. The average molecular weight is 430 g/mol. The molecule has 0 aliphatic heterocycles. The zero-order valence-corrected chi connectivity index (χ0v) is 17.0. The molecule has 1 amide bonds. The van der Waals surface area contributed by atoms with Crippen LogP contribution in [0.25, 0.3) is 27.7 Å². The number of anilines is 1. The van der Waals surface area contributed by atoms with Crippen molar-refractivity contribution in [3.05, 3.63) is 47.1 Å². The van der Waals surface area contributed by atoms with Crippen molar-refractivity contribution in [3.63, 3.8) is 0 Å². The number of rotatable bonds is 4. The predicted octanol–water partition coefficient (Wildman–Crippen LogP) is 5.09. The van der Waals surface area contributed by atoms with Crippen LogP contribution in [0, 0.1) is 11.7 Å². The van der Waals surface area contributed by atoms with E-state index in [-0.39, 0.29) is 23.3 Å². The van der Waals surface area contributed by atoms with Gasteiger partial charge in [0.05, 0.1) is 28.9 Å². The minimum atomic E-state index is -1.07. The molecule has 3 aromatic heterocycles. The number of carbonyl (C=O) groups is 1. The van der Waals surface area contributed by atoms with Gasteiger partial charge in [0.2, 0.25) is 5.91 Å². The molecule has 3 heterocycles. The molecule has 0 unspecified atom stereocenters. The van der Waals surface area contributed by atoms with Crippen molar-refractivity contribution >= 4 is 39.9 Å². The molecule has 2 atom stereocenters. The Balaban J connectivity index is 1.59. The average Bonchev–Trinajstić information content (AvgIpc) is 3.08. The minimum Gasteiger partial charge on any atom is -0.309 e. The third-order valence-corrected chi connectivity index (χ3v) is 5.80. The van der Waals surface area contributed by atoms with Gasteiger partial charge in [-0.2, -0.15) is 5.10 Å². The smallest absolute Gasteiger partial charge is 0.231 e. The molecular weight excluding hydrogens is 412 g/mol. The number of benzene rings is 1. The molecule has 1 aliphatic carbocycles. The third kappa shape index (κ3) is 2.94. The van der Waals surface area contributed by atoms with Gasteiger partial charge in [-0.1, -0.05) is 25.4 Å². The van der Waals surface area contributed by atoms with Crippen LogP contribution in [-0.4, -0.2) is 31.7 Å². The van der Waals surface area contributed by atoms with Gasteiger partial charge in [-0.25, -0.2) is 13.8 Å². The van der Waals surface area contributed by atoms with Crippen LogP contribution in [0.5, 0.6) is 0 Å². The SMILES string of the molecule is CC(C)c1c(F)c(Cl)c(-c2ccc3nc(NC(=O)[C@@H]4C[C@@H]4F)cn3c2)c2cn[nH]c12. The number of pyridine rings is 1. The van der Waals surface area contributed by atoms with Gasteiger partial charge in [0.1, 0.15) is 17.6 Å². The second-order valence-corrected chi connectivity index (χ2v) is 8.26. The highest BCUT2D eigenvalue weighted by atomic mass is 35.5. The zero-order valence-electron chi connectivity index (χ0n) is 16.2. The summed E-state index contributed by atoms with van der Waals surface area (Å²) in [6.45, 7) is 3.80. The van der Waals surface area contributed by atoms with E-state index in [1.807, 2.05) is 13.8 Å². The highest BCUT2D eigenvalue weighted by Gasteiger charge is 2.43. The van der Waals surface area contributed by atoms with Crippen LogP contribution >= 0.6 is 11.6 Å². The molecule has 0 saturated heterocycles. The maximum absolute atomic E-state index is 15.1. The maximum atomic E-state index is 15.1. The minimum absolute atomic E-state index is 0.0308. The lowest BCUT2D eigenvalue weighted by atomic mass is 9.94. The summed E-state index contributed by atoms with van der Waals surface area (Å²) >= 11 is 6.46. The van der Waals surface area contributed by atoms with Crippen molar-refractivity contribution < 1.29 is 13.6 Å². The number of nitrogens with zero attached hydrogens (tertiary/aromatic N) is 3. The molecule has 30 heavy (non-hydrogen) atoms. The van der Waals surface area contributed by atoms with E-state index in [9.17, 15) is 9.18 Å². The molecule has 2 N–H and O–H groups in total. The van der Waals surface area contributed by atoms with E-state index < -0.39 is 17.9 Å². The molecule has 0 bridgehead atoms. The van der Waals surface area contributed by atoms with Crippen molar-refractivity contribution in [1.29, 1.82) is 0 Å². The molecule has 5 rings (SSSR count). The van der Waals surface area contributed by atoms with Gasteiger partial charge in [0.25, 0.3) is 0 Å². The Morgan fingerprint density at radius 2 is 2.13 bits per heavy atom. The third-order valence-electron chi connectivity index (χ3n) is 5.44. The standard InChI is InChI=1S/C21H18ClF2N5O/c1-9(2)16-19(24)18(22)17(12-6-25-28-20(12)16)10-3-4-15-26-14(8-29(15)7-10)27-21(30)11-5-13(11)23/h3-4,6-9,11,13H,5H2,1-2H3,(H,25,28)(H,27,30)/t11-,13+/m1/s1. The number of H-pyrrole nitrogens is 1. The Morgan fingerprint density at radius 1 is 1.37 bits per heavy atom. The molecule has 1 saturated carbocycles. The van der Waals surface area contributed by atoms with Crippen LogP contribution in [0.1, 0.15) is 31.7 Å². The Bertz CT molecular complexity index is 1310. The molecule has 154 valence electrons. The topological polar surface area (TPSA) is 75.1 Å².